The van der Waals surface area contributed by atoms with Gasteiger partial charge in [0, 0.05) is 51.7 Å². The number of aliphatic imine (C=N–C) groups is 1. The van der Waals surface area contributed by atoms with Gasteiger partial charge in [0.05, 0.1) is 0 Å². The van der Waals surface area contributed by atoms with E-state index >= 15 is 0 Å². The van der Waals surface area contributed by atoms with Gasteiger partial charge in [-0.25, -0.2) is 9.97 Å². The van der Waals surface area contributed by atoms with Crippen LogP contribution in [0.15, 0.2) is 23.5 Å². The summed E-state index contributed by atoms with van der Waals surface area (Å²) in [5.74, 6) is 1.87. The van der Waals surface area contributed by atoms with Crippen LogP contribution in [0, 0.1) is 0 Å². The lowest BCUT2D eigenvalue weighted by atomic mass is 10.3. The van der Waals surface area contributed by atoms with Crippen molar-refractivity contribution >= 4 is 35.9 Å². The summed E-state index contributed by atoms with van der Waals surface area (Å²) in [5, 5.41) is 3.44. The van der Waals surface area contributed by atoms with Gasteiger partial charge in [0.25, 0.3) is 0 Å². The summed E-state index contributed by atoms with van der Waals surface area (Å²) >= 11 is 0. The van der Waals surface area contributed by atoms with E-state index in [-0.39, 0.29) is 24.0 Å². The summed E-state index contributed by atoms with van der Waals surface area (Å²) in [6.45, 7) is 15.6. The lowest BCUT2D eigenvalue weighted by Gasteiger charge is -2.36. The van der Waals surface area contributed by atoms with Gasteiger partial charge in [-0.1, -0.05) is 13.8 Å². The van der Waals surface area contributed by atoms with Gasteiger partial charge in [-0.2, -0.15) is 0 Å². The lowest BCUT2D eigenvalue weighted by molar-refractivity contribution is 0.297. The Morgan fingerprint density at radius 2 is 1.74 bits per heavy atom. The highest BCUT2D eigenvalue weighted by Crippen LogP contribution is 2.10. The monoisotopic (exact) mass is 489 g/mol. The SMILES string of the molecule is CCNC(=NCCCCN(CC)CC)N1CCN(c2ncccn2)CC1.I. The molecule has 0 aromatic carbocycles. The summed E-state index contributed by atoms with van der Waals surface area (Å²) in [6, 6.07) is 1.86. The van der Waals surface area contributed by atoms with Gasteiger partial charge in [-0.05, 0) is 45.5 Å². The molecule has 2 heterocycles. The van der Waals surface area contributed by atoms with Gasteiger partial charge in [-0.15, -0.1) is 24.0 Å². The van der Waals surface area contributed by atoms with Gasteiger partial charge in [-0.3, -0.25) is 4.99 Å². The largest absolute Gasteiger partial charge is 0.357 e. The predicted molar refractivity (Wildman–Crippen MR) is 124 cm³/mol. The Labute approximate surface area is 181 Å². The molecule has 0 atom stereocenters. The quantitative estimate of drug-likeness (QED) is 0.249. The fourth-order valence-corrected chi connectivity index (χ4v) is 3.17. The average Bonchev–Trinajstić information content (AvgIpc) is 2.71. The maximum Gasteiger partial charge on any atom is 0.225 e. The number of hydrogen-bond donors (Lipinski definition) is 1. The molecule has 1 aromatic heterocycles. The smallest absolute Gasteiger partial charge is 0.225 e. The summed E-state index contributed by atoms with van der Waals surface area (Å²) in [5.41, 5.74) is 0. The van der Waals surface area contributed by atoms with Crippen molar-refractivity contribution in [3.8, 4) is 0 Å². The molecule has 154 valence electrons. The highest BCUT2D eigenvalue weighted by molar-refractivity contribution is 14.0. The van der Waals surface area contributed by atoms with Crippen LogP contribution in [0.3, 0.4) is 0 Å². The molecule has 1 aliphatic heterocycles. The van der Waals surface area contributed by atoms with Crippen LogP contribution in [0.5, 0.6) is 0 Å². The van der Waals surface area contributed by atoms with E-state index in [1.807, 2.05) is 6.07 Å². The van der Waals surface area contributed by atoms with Gasteiger partial charge in [0.1, 0.15) is 0 Å². The van der Waals surface area contributed by atoms with Crippen LogP contribution in [-0.4, -0.2) is 84.6 Å². The number of piperazine rings is 1. The number of halogens is 1. The lowest BCUT2D eigenvalue weighted by Crippen LogP contribution is -2.53. The maximum atomic E-state index is 4.85. The number of nitrogens with zero attached hydrogens (tertiary/aromatic N) is 6. The molecule has 1 aliphatic rings. The van der Waals surface area contributed by atoms with Gasteiger partial charge in [0.2, 0.25) is 5.95 Å². The van der Waals surface area contributed by atoms with E-state index in [0.717, 1.165) is 70.7 Å². The normalized spacial score (nSPS) is 15.0. The first kappa shape index (κ1) is 23.9. The molecule has 8 heteroatoms. The standard InChI is InChI=1S/C19H35N7.HI/c1-4-20-18(21-10-7-8-13-24(5-2)6-3)25-14-16-26(17-15-25)19-22-11-9-12-23-19;/h9,11-12H,4-8,10,13-17H2,1-3H3,(H,20,21);1H. The van der Waals surface area contributed by atoms with Crippen molar-refractivity contribution in [3.63, 3.8) is 0 Å². The van der Waals surface area contributed by atoms with Crippen LogP contribution >= 0.6 is 24.0 Å². The first-order valence-electron chi connectivity index (χ1n) is 10.1. The van der Waals surface area contributed by atoms with E-state index in [0.29, 0.717) is 0 Å². The number of guanidine groups is 1. The predicted octanol–water partition coefficient (Wildman–Crippen LogP) is 2.30. The zero-order valence-electron chi connectivity index (χ0n) is 17.1. The van der Waals surface area contributed by atoms with Crippen molar-refractivity contribution in [2.75, 3.05) is 63.8 Å². The molecule has 2 rings (SSSR count). The molecule has 1 saturated heterocycles. The van der Waals surface area contributed by atoms with Crippen molar-refractivity contribution < 1.29 is 0 Å². The Bertz CT molecular complexity index is 514. The number of unbranched alkanes of at least 4 members (excludes halogenated alkanes) is 1. The van der Waals surface area contributed by atoms with Crippen molar-refractivity contribution in [1.82, 2.24) is 25.1 Å². The number of hydrogen-bond acceptors (Lipinski definition) is 5. The number of rotatable bonds is 9. The highest BCUT2D eigenvalue weighted by atomic mass is 127. The molecule has 0 bridgehead atoms. The minimum Gasteiger partial charge on any atom is -0.357 e. The molecule has 7 nitrogen and oxygen atoms in total. The first-order valence-corrected chi connectivity index (χ1v) is 10.1. The third-order valence-electron chi connectivity index (χ3n) is 4.79. The molecule has 27 heavy (non-hydrogen) atoms. The molecular weight excluding hydrogens is 453 g/mol. The molecule has 0 amide bonds. The summed E-state index contributed by atoms with van der Waals surface area (Å²) < 4.78 is 0. The maximum absolute atomic E-state index is 4.85. The number of nitrogens with one attached hydrogen (secondary N) is 1. The van der Waals surface area contributed by atoms with Crippen LogP contribution in [0.4, 0.5) is 5.95 Å². The van der Waals surface area contributed by atoms with E-state index in [4.69, 9.17) is 4.99 Å². The fraction of sp³-hybridized carbons (Fsp3) is 0.737. The minimum absolute atomic E-state index is 0. The summed E-state index contributed by atoms with van der Waals surface area (Å²) in [4.78, 5) is 20.6. The molecule has 0 unspecified atom stereocenters. The van der Waals surface area contributed by atoms with E-state index in [2.05, 4.69) is 50.8 Å². The Kier molecular flexibility index (Phi) is 12.3. The van der Waals surface area contributed by atoms with E-state index in [9.17, 15) is 0 Å². The number of aromatic nitrogens is 2. The van der Waals surface area contributed by atoms with E-state index < -0.39 is 0 Å². The molecule has 0 saturated carbocycles. The Morgan fingerprint density at radius 1 is 1.07 bits per heavy atom. The molecule has 0 spiro atoms. The van der Waals surface area contributed by atoms with Crippen molar-refractivity contribution in [2.45, 2.75) is 33.6 Å². The second-order valence-electron chi connectivity index (χ2n) is 6.49. The van der Waals surface area contributed by atoms with Crippen molar-refractivity contribution in [1.29, 1.82) is 0 Å². The Balaban J connectivity index is 0.00000364. The third-order valence-corrected chi connectivity index (χ3v) is 4.79. The van der Waals surface area contributed by atoms with Crippen molar-refractivity contribution in [2.24, 2.45) is 4.99 Å². The minimum atomic E-state index is 0. The molecule has 0 radical (unpaired) electrons. The molecule has 0 aliphatic carbocycles. The average molecular weight is 489 g/mol. The van der Waals surface area contributed by atoms with Crippen LogP contribution in [0.2, 0.25) is 0 Å². The number of anilines is 1. The topological polar surface area (TPSA) is 59.9 Å². The van der Waals surface area contributed by atoms with Crippen molar-refractivity contribution in [3.05, 3.63) is 18.5 Å². The van der Waals surface area contributed by atoms with Crippen LogP contribution in [0.25, 0.3) is 0 Å². The van der Waals surface area contributed by atoms with Gasteiger partial charge < -0.3 is 20.0 Å². The van der Waals surface area contributed by atoms with E-state index in [1.54, 1.807) is 12.4 Å². The fourth-order valence-electron chi connectivity index (χ4n) is 3.17. The van der Waals surface area contributed by atoms with Gasteiger partial charge >= 0.3 is 0 Å². The zero-order valence-corrected chi connectivity index (χ0v) is 19.4. The summed E-state index contributed by atoms with van der Waals surface area (Å²) in [6.07, 6.45) is 5.96. The molecule has 1 aromatic rings. The van der Waals surface area contributed by atoms with Crippen LogP contribution in [0.1, 0.15) is 33.6 Å². The summed E-state index contributed by atoms with van der Waals surface area (Å²) in [7, 11) is 0. The third kappa shape index (κ3) is 8.16. The van der Waals surface area contributed by atoms with Crippen LogP contribution in [-0.2, 0) is 0 Å². The Morgan fingerprint density at radius 3 is 2.33 bits per heavy atom. The molecule has 1 N–H and O–H groups in total. The first-order chi connectivity index (χ1) is 12.8. The second-order valence-corrected chi connectivity index (χ2v) is 6.49. The highest BCUT2D eigenvalue weighted by Gasteiger charge is 2.20. The van der Waals surface area contributed by atoms with Gasteiger partial charge in [0.15, 0.2) is 5.96 Å². The second kappa shape index (κ2) is 13.9. The Hall–Kier alpha value is -1.16. The van der Waals surface area contributed by atoms with E-state index in [1.165, 1.54) is 13.0 Å². The van der Waals surface area contributed by atoms with Crippen LogP contribution < -0.4 is 10.2 Å². The zero-order chi connectivity index (χ0) is 18.6. The molecular formula is C19H36IN7. The molecule has 1 fully saturated rings.